The zero-order chi connectivity index (χ0) is 12.5. The number of aldehydes is 1. The predicted molar refractivity (Wildman–Crippen MR) is 74.5 cm³/mol. The Morgan fingerprint density at radius 2 is 2.06 bits per heavy atom. The van der Waals surface area contributed by atoms with Crippen molar-refractivity contribution in [2.75, 3.05) is 11.4 Å². The minimum Gasteiger partial charge on any atom is -0.368 e. The molecule has 2 atom stereocenters. The normalized spacial score (nSPS) is 27.1. The van der Waals surface area contributed by atoms with Gasteiger partial charge in [0, 0.05) is 28.9 Å². The number of carbonyl (C=O) groups excluding carboxylic acids is 1. The molecule has 0 N–H and O–H groups in total. The van der Waals surface area contributed by atoms with Crippen molar-refractivity contribution in [2.24, 2.45) is 5.92 Å². The molecule has 2 unspecified atom stereocenters. The Bertz CT molecular complexity index is 460. The molecular weight excluding hydrogens is 246 g/mol. The van der Waals surface area contributed by atoms with Crippen molar-refractivity contribution in [1.82, 2.24) is 0 Å². The van der Waals surface area contributed by atoms with E-state index < -0.39 is 0 Å². The lowest BCUT2D eigenvalue weighted by Crippen LogP contribution is -2.35. The first-order chi connectivity index (χ1) is 8.79. The topological polar surface area (TPSA) is 20.3 Å². The van der Waals surface area contributed by atoms with E-state index in [0.29, 0.717) is 11.1 Å². The van der Waals surface area contributed by atoms with Gasteiger partial charge in [0.25, 0.3) is 0 Å². The molecule has 3 rings (SSSR count). The third kappa shape index (κ3) is 2.03. The second-order valence-electron chi connectivity index (χ2n) is 5.41. The van der Waals surface area contributed by atoms with Crippen molar-refractivity contribution in [3.63, 3.8) is 0 Å². The van der Waals surface area contributed by atoms with Crippen molar-refractivity contribution in [3.05, 3.63) is 28.8 Å². The average Bonchev–Trinajstić information content (AvgIpc) is 2.82. The largest absolute Gasteiger partial charge is 0.368 e. The van der Waals surface area contributed by atoms with Crippen LogP contribution in [0.5, 0.6) is 0 Å². The molecule has 3 heteroatoms. The van der Waals surface area contributed by atoms with Crippen molar-refractivity contribution < 1.29 is 4.79 Å². The summed E-state index contributed by atoms with van der Waals surface area (Å²) in [6.45, 7) is 1.08. The molecule has 1 aliphatic heterocycles. The van der Waals surface area contributed by atoms with Gasteiger partial charge in [-0.1, -0.05) is 24.4 Å². The highest BCUT2D eigenvalue weighted by Gasteiger charge is 2.36. The third-order valence-corrected chi connectivity index (χ3v) is 4.67. The molecular formula is C15H18ClNO. The van der Waals surface area contributed by atoms with Gasteiger partial charge < -0.3 is 4.90 Å². The number of hydrogen-bond acceptors (Lipinski definition) is 2. The Morgan fingerprint density at radius 3 is 2.89 bits per heavy atom. The molecule has 1 aliphatic carbocycles. The highest BCUT2D eigenvalue weighted by atomic mass is 35.5. The van der Waals surface area contributed by atoms with E-state index in [9.17, 15) is 4.79 Å². The number of rotatable bonds is 2. The number of carbonyl (C=O) groups is 1. The van der Waals surface area contributed by atoms with Crippen molar-refractivity contribution in [2.45, 2.75) is 38.1 Å². The summed E-state index contributed by atoms with van der Waals surface area (Å²) in [5.74, 6) is 0.828. The molecule has 1 aromatic rings. The van der Waals surface area contributed by atoms with E-state index in [4.69, 9.17) is 11.6 Å². The van der Waals surface area contributed by atoms with E-state index in [-0.39, 0.29) is 0 Å². The molecule has 0 bridgehead atoms. The van der Waals surface area contributed by atoms with Gasteiger partial charge in [0.15, 0.2) is 6.29 Å². The lowest BCUT2D eigenvalue weighted by molar-refractivity contribution is 0.112. The first-order valence-electron chi connectivity index (χ1n) is 6.81. The highest BCUT2D eigenvalue weighted by Crippen LogP contribution is 2.39. The van der Waals surface area contributed by atoms with Gasteiger partial charge in [-0.2, -0.15) is 0 Å². The maximum Gasteiger partial charge on any atom is 0.152 e. The third-order valence-electron chi connectivity index (χ3n) is 4.44. The van der Waals surface area contributed by atoms with E-state index in [2.05, 4.69) is 4.90 Å². The zero-order valence-electron chi connectivity index (χ0n) is 10.4. The van der Waals surface area contributed by atoms with E-state index in [1.807, 2.05) is 12.1 Å². The molecule has 2 nitrogen and oxygen atoms in total. The molecule has 2 aliphatic rings. The molecule has 18 heavy (non-hydrogen) atoms. The van der Waals surface area contributed by atoms with Crippen LogP contribution in [0.15, 0.2) is 18.2 Å². The van der Waals surface area contributed by atoms with Crippen LogP contribution >= 0.6 is 11.6 Å². The van der Waals surface area contributed by atoms with E-state index in [0.717, 1.165) is 30.0 Å². The fraction of sp³-hybridized carbons (Fsp3) is 0.533. The lowest BCUT2D eigenvalue weighted by atomic mass is 9.85. The Morgan fingerprint density at radius 1 is 1.22 bits per heavy atom. The summed E-state index contributed by atoms with van der Waals surface area (Å²) in [6.07, 6.45) is 7.51. The second-order valence-corrected chi connectivity index (χ2v) is 5.85. The maximum atomic E-state index is 11.2. The molecule has 1 saturated heterocycles. The number of benzene rings is 1. The van der Waals surface area contributed by atoms with Crippen LogP contribution in [0.3, 0.4) is 0 Å². The molecule has 0 amide bonds. The molecule has 0 aromatic heterocycles. The van der Waals surface area contributed by atoms with Gasteiger partial charge in [0.2, 0.25) is 0 Å². The standard InChI is InChI=1S/C15H18ClNO/c16-13-5-6-15(12(9-13)10-18)17-8-7-11-3-1-2-4-14(11)17/h5-6,9-11,14H,1-4,7-8H2. The Balaban J connectivity index is 1.92. The van der Waals surface area contributed by atoms with Crippen molar-refractivity contribution in [3.8, 4) is 0 Å². The Kier molecular flexibility index (Phi) is 3.29. The number of hydrogen-bond donors (Lipinski definition) is 0. The summed E-state index contributed by atoms with van der Waals surface area (Å²) in [7, 11) is 0. The number of anilines is 1. The van der Waals surface area contributed by atoms with Crippen molar-refractivity contribution in [1.29, 1.82) is 0 Å². The highest BCUT2D eigenvalue weighted by molar-refractivity contribution is 6.31. The first-order valence-corrected chi connectivity index (χ1v) is 7.19. The van der Waals surface area contributed by atoms with Crippen LogP contribution in [0.25, 0.3) is 0 Å². The molecule has 0 spiro atoms. The molecule has 1 saturated carbocycles. The molecule has 96 valence electrons. The van der Waals surface area contributed by atoms with Gasteiger partial charge >= 0.3 is 0 Å². The maximum absolute atomic E-state index is 11.2. The van der Waals surface area contributed by atoms with Gasteiger partial charge in [-0.3, -0.25) is 4.79 Å². The van der Waals surface area contributed by atoms with Gasteiger partial charge in [-0.15, -0.1) is 0 Å². The SMILES string of the molecule is O=Cc1cc(Cl)ccc1N1CCC2CCCCC21. The van der Waals surface area contributed by atoms with Crippen LogP contribution in [-0.2, 0) is 0 Å². The number of halogens is 1. The van der Waals surface area contributed by atoms with Gasteiger partial charge in [-0.25, -0.2) is 0 Å². The summed E-state index contributed by atoms with van der Waals surface area (Å²) in [6, 6.07) is 6.31. The fourth-order valence-electron chi connectivity index (χ4n) is 3.59. The lowest BCUT2D eigenvalue weighted by Gasteiger charge is -2.33. The van der Waals surface area contributed by atoms with E-state index in [1.165, 1.54) is 32.1 Å². The van der Waals surface area contributed by atoms with Crippen LogP contribution in [0.1, 0.15) is 42.5 Å². The summed E-state index contributed by atoms with van der Waals surface area (Å²) in [5, 5.41) is 0.639. The van der Waals surface area contributed by atoms with Crippen LogP contribution < -0.4 is 4.90 Å². The summed E-state index contributed by atoms with van der Waals surface area (Å²) in [4.78, 5) is 13.6. The van der Waals surface area contributed by atoms with Gasteiger partial charge in [0.05, 0.1) is 0 Å². The number of fused-ring (bicyclic) bond motifs is 1. The first kappa shape index (κ1) is 12.0. The van der Waals surface area contributed by atoms with E-state index in [1.54, 1.807) is 6.07 Å². The summed E-state index contributed by atoms with van der Waals surface area (Å²) in [5.41, 5.74) is 1.80. The van der Waals surface area contributed by atoms with Crippen LogP contribution in [-0.4, -0.2) is 18.9 Å². The van der Waals surface area contributed by atoms with Crippen LogP contribution in [0, 0.1) is 5.92 Å². The average molecular weight is 264 g/mol. The quantitative estimate of drug-likeness (QED) is 0.754. The summed E-state index contributed by atoms with van der Waals surface area (Å²) >= 11 is 5.96. The molecule has 0 radical (unpaired) electrons. The zero-order valence-corrected chi connectivity index (χ0v) is 11.2. The molecule has 2 fully saturated rings. The predicted octanol–water partition coefficient (Wildman–Crippen LogP) is 3.92. The van der Waals surface area contributed by atoms with Crippen LogP contribution in [0.2, 0.25) is 5.02 Å². The Hall–Kier alpha value is -1.02. The summed E-state index contributed by atoms with van der Waals surface area (Å²) < 4.78 is 0. The van der Waals surface area contributed by atoms with Crippen molar-refractivity contribution >= 4 is 23.6 Å². The van der Waals surface area contributed by atoms with Gasteiger partial charge in [-0.05, 0) is 43.4 Å². The Labute approximate surface area is 113 Å². The molecule has 1 heterocycles. The molecule has 1 aromatic carbocycles. The number of nitrogens with zero attached hydrogens (tertiary/aromatic N) is 1. The fourth-order valence-corrected chi connectivity index (χ4v) is 3.77. The smallest absolute Gasteiger partial charge is 0.152 e. The minimum atomic E-state index is 0.638. The van der Waals surface area contributed by atoms with E-state index >= 15 is 0 Å². The van der Waals surface area contributed by atoms with Gasteiger partial charge in [0.1, 0.15) is 0 Å². The monoisotopic (exact) mass is 263 g/mol. The second kappa shape index (κ2) is 4.93. The minimum absolute atomic E-state index is 0.638. The van der Waals surface area contributed by atoms with Crippen LogP contribution in [0.4, 0.5) is 5.69 Å².